The van der Waals surface area contributed by atoms with Crippen LogP contribution in [0.2, 0.25) is 0 Å². The molecule has 1 amide bonds. The Morgan fingerprint density at radius 2 is 1.91 bits per heavy atom. The summed E-state index contributed by atoms with van der Waals surface area (Å²) in [6.45, 7) is 0.930. The van der Waals surface area contributed by atoms with Crippen molar-refractivity contribution in [2.75, 3.05) is 32.8 Å². The maximum absolute atomic E-state index is 12.6. The van der Waals surface area contributed by atoms with Gasteiger partial charge in [-0.2, -0.15) is 0 Å². The number of ether oxygens (including phenoxy) is 3. The molecule has 1 aromatic carbocycles. The first-order valence-electron chi connectivity index (χ1n) is 10.0. The molecule has 0 radical (unpaired) electrons. The molecule has 1 fully saturated rings. The zero-order chi connectivity index (χ0) is 23.6. The molecule has 1 saturated heterocycles. The van der Waals surface area contributed by atoms with Gasteiger partial charge in [-0.25, -0.2) is 15.0 Å². The largest absolute Gasteiger partial charge is 0.376 e. The van der Waals surface area contributed by atoms with E-state index in [1.165, 1.54) is 26.9 Å². The van der Waals surface area contributed by atoms with Crippen LogP contribution in [0.5, 0.6) is 0 Å². The Labute approximate surface area is 189 Å². The van der Waals surface area contributed by atoms with Crippen LogP contribution in [-0.2, 0) is 23.3 Å². The number of rotatable bonds is 8. The summed E-state index contributed by atoms with van der Waals surface area (Å²) in [4.78, 5) is 34.9. The highest BCUT2D eigenvalue weighted by molar-refractivity contribution is 7.51. The Morgan fingerprint density at radius 3 is 2.58 bits per heavy atom. The Kier molecular flexibility index (Phi) is 6.84. The third-order valence-electron chi connectivity index (χ3n) is 5.21. The number of hydrogen-bond donors (Lipinski definition) is 2. The molecule has 4 rings (SSSR count). The van der Waals surface area contributed by atoms with Gasteiger partial charge in [-0.15, -0.1) is 0 Å². The standard InChI is InChI=1S/C20H24N5O7P/c1-29-15-13(9-31-33(3,27)28)32-20(16(15)30-2)25-11-23-14-17(21-10-22-18(14)25)24-19(26)12-7-5-4-6-8-12/h4-8,10-11,13,15-16,20H,9H2,1-3H3,(H,27,28)(H,21,22,24,26)/t13-,15?,16+,20-/m1/s1. The minimum absolute atomic E-state index is 0.168. The average molecular weight is 477 g/mol. The Morgan fingerprint density at radius 1 is 1.18 bits per heavy atom. The first-order valence-corrected chi connectivity index (χ1v) is 12.0. The second-order valence-electron chi connectivity index (χ2n) is 7.43. The van der Waals surface area contributed by atoms with Gasteiger partial charge < -0.3 is 28.9 Å². The predicted octanol–water partition coefficient (Wildman–Crippen LogP) is 1.84. The van der Waals surface area contributed by atoms with Crippen molar-refractivity contribution in [2.45, 2.75) is 24.5 Å². The number of amides is 1. The maximum atomic E-state index is 12.6. The topological polar surface area (TPSA) is 147 Å². The number of aromatic nitrogens is 4. The van der Waals surface area contributed by atoms with E-state index in [0.29, 0.717) is 16.7 Å². The van der Waals surface area contributed by atoms with Crippen LogP contribution in [-0.4, -0.2) is 76.1 Å². The summed E-state index contributed by atoms with van der Waals surface area (Å²) in [7, 11) is -0.706. The number of hydrogen-bond acceptors (Lipinski definition) is 9. The third-order valence-corrected chi connectivity index (χ3v) is 5.84. The van der Waals surface area contributed by atoms with Crippen molar-refractivity contribution in [2.24, 2.45) is 0 Å². The second kappa shape index (κ2) is 9.64. The Bertz CT molecular complexity index is 1170. The van der Waals surface area contributed by atoms with Gasteiger partial charge in [0, 0.05) is 26.4 Å². The molecular weight excluding hydrogens is 453 g/mol. The smallest absolute Gasteiger partial charge is 0.325 e. The van der Waals surface area contributed by atoms with Gasteiger partial charge in [0.25, 0.3) is 5.91 Å². The highest BCUT2D eigenvalue weighted by atomic mass is 31.2. The lowest BCUT2D eigenvalue weighted by Gasteiger charge is -2.22. The van der Waals surface area contributed by atoms with Crippen molar-refractivity contribution in [1.82, 2.24) is 19.5 Å². The van der Waals surface area contributed by atoms with Gasteiger partial charge in [0.1, 0.15) is 24.6 Å². The van der Waals surface area contributed by atoms with Crippen molar-refractivity contribution >= 4 is 30.5 Å². The fraction of sp³-hybridized carbons (Fsp3) is 0.400. The highest BCUT2D eigenvalue weighted by Crippen LogP contribution is 2.40. The lowest BCUT2D eigenvalue weighted by atomic mass is 10.1. The van der Waals surface area contributed by atoms with Crippen molar-refractivity contribution in [3.63, 3.8) is 0 Å². The van der Waals surface area contributed by atoms with E-state index in [-0.39, 0.29) is 18.3 Å². The first-order chi connectivity index (χ1) is 15.8. The van der Waals surface area contributed by atoms with Crippen molar-refractivity contribution in [3.05, 3.63) is 48.5 Å². The van der Waals surface area contributed by atoms with E-state index in [2.05, 4.69) is 20.3 Å². The zero-order valence-electron chi connectivity index (χ0n) is 18.2. The second-order valence-corrected chi connectivity index (χ2v) is 9.30. The summed E-state index contributed by atoms with van der Waals surface area (Å²) in [5, 5.41) is 2.75. The number of anilines is 1. The molecule has 2 N–H and O–H groups in total. The van der Waals surface area contributed by atoms with E-state index >= 15 is 0 Å². The summed E-state index contributed by atoms with van der Waals surface area (Å²) >= 11 is 0. The fourth-order valence-electron chi connectivity index (χ4n) is 3.71. The van der Waals surface area contributed by atoms with E-state index in [0.717, 1.165) is 6.66 Å². The zero-order valence-corrected chi connectivity index (χ0v) is 19.1. The van der Waals surface area contributed by atoms with Gasteiger partial charge in [0.15, 0.2) is 23.2 Å². The van der Waals surface area contributed by atoms with Crippen molar-refractivity contribution in [1.29, 1.82) is 0 Å². The van der Waals surface area contributed by atoms with Crippen LogP contribution in [0.1, 0.15) is 16.6 Å². The van der Waals surface area contributed by atoms with E-state index in [1.54, 1.807) is 28.8 Å². The molecule has 33 heavy (non-hydrogen) atoms. The number of benzene rings is 1. The summed E-state index contributed by atoms with van der Waals surface area (Å²) in [6.07, 6.45) is 0.242. The van der Waals surface area contributed by atoms with Crippen LogP contribution < -0.4 is 5.32 Å². The SMILES string of the molecule is COC1[C@@H](COP(C)(=O)O)O[C@@H](n2cnc3c(NC(=O)c4ccccc4)ncnc32)[C@H]1OC. The number of methoxy groups -OCH3 is 2. The lowest BCUT2D eigenvalue weighted by Crippen LogP contribution is -2.36. The summed E-state index contributed by atoms with van der Waals surface area (Å²) in [5.74, 6) is -0.0864. The van der Waals surface area contributed by atoms with E-state index in [1.807, 2.05) is 6.07 Å². The number of carbonyl (C=O) groups excluding carboxylic acids is 1. The van der Waals surface area contributed by atoms with Gasteiger partial charge in [-0.1, -0.05) is 18.2 Å². The molecule has 1 aliphatic heterocycles. The number of fused-ring (bicyclic) bond motifs is 1. The Hall–Kier alpha value is -2.73. The first kappa shape index (κ1) is 23.4. The minimum Gasteiger partial charge on any atom is -0.376 e. The van der Waals surface area contributed by atoms with Crippen LogP contribution in [0.15, 0.2) is 43.0 Å². The van der Waals surface area contributed by atoms with Crippen molar-refractivity contribution < 1.29 is 33.0 Å². The van der Waals surface area contributed by atoms with E-state index in [9.17, 15) is 14.3 Å². The van der Waals surface area contributed by atoms with Gasteiger partial charge >= 0.3 is 7.60 Å². The van der Waals surface area contributed by atoms with Gasteiger partial charge in [0.05, 0.1) is 12.9 Å². The fourth-order valence-corrected chi connectivity index (χ4v) is 4.14. The monoisotopic (exact) mass is 477 g/mol. The molecule has 0 saturated carbocycles. The highest BCUT2D eigenvalue weighted by Gasteiger charge is 2.47. The molecule has 1 aliphatic rings. The van der Waals surface area contributed by atoms with Crippen molar-refractivity contribution in [3.8, 4) is 0 Å². The quantitative estimate of drug-likeness (QED) is 0.461. The van der Waals surface area contributed by atoms with Gasteiger partial charge in [0.2, 0.25) is 0 Å². The number of nitrogens with one attached hydrogen (secondary N) is 1. The van der Waals surface area contributed by atoms with E-state index in [4.69, 9.17) is 18.7 Å². The van der Waals surface area contributed by atoms with Crippen LogP contribution in [0.4, 0.5) is 5.82 Å². The van der Waals surface area contributed by atoms with Crippen LogP contribution in [0.3, 0.4) is 0 Å². The molecule has 3 heterocycles. The number of imidazole rings is 1. The normalized spacial score (nSPS) is 24.6. The molecule has 3 aromatic rings. The Balaban J connectivity index is 1.62. The summed E-state index contributed by atoms with van der Waals surface area (Å²) in [5.41, 5.74) is 1.24. The van der Waals surface area contributed by atoms with Crippen LogP contribution >= 0.6 is 7.60 Å². The summed E-state index contributed by atoms with van der Waals surface area (Å²) < 4.78 is 35.5. The molecule has 0 aliphatic carbocycles. The van der Waals surface area contributed by atoms with Gasteiger partial charge in [-0.3, -0.25) is 13.9 Å². The van der Waals surface area contributed by atoms with E-state index < -0.39 is 32.1 Å². The minimum atomic E-state index is -3.70. The summed E-state index contributed by atoms with van der Waals surface area (Å²) in [6, 6.07) is 8.73. The van der Waals surface area contributed by atoms with Crippen LogP contribution in [0.25, 0.3) is 11.2 Å². The van der Waals surface area contributed by atoms with Crippen LogP contribution in [0, 0.1) is 0 Å². The lowest BCUT2D eigenvalue weighted by molar-refractivity contribution is -0.0565. The predicted molar refractivity (Wildman–Crippen MR) is 117 cm³/mol. The molecule has 2 unspecified atom stereocenters. The number of nitrogens with zero attached hydrogens (tertiary/aromatic N) is 4. The third kappa shape index (κ3) is 4.96. The molecular formula is C20H24N5O7P. The molecule has 13 heteroatoms. The average Bonchev–Trinajstić information content (AvgIpc) is 3.39. The molecule has 2 aromatic heterocycles. The molecule has 0 spiro atoms. The molecule has 0 bridgehead atoms. The molecule has 12 nitrogen and oxygen atoms in total. The molecule has 5 atom stereocenters. The van der Waals surface area contributed by atoms with Gasteiger partial charge in [-0.05, 0) is 12.1 Å². The number of carbonyl (C=O) groups is 1. The maximum Gasteiger partial charge on any atom is 0.325 e. The molecule has 176 valence electrons.